The molecule has 6 fully saturated rings. The minimum atomic E-state index is -5.22. The van der Waals surface area contributed by atoms with Crippen LogP contribution in [0.2, 0.25) is 0 Å². The van der Waals surface area contributed by atoms with Crippen molar-refractivity contribution >= 4 is 121 Å². The molecule has 6 amide bonds. The van der Waals surface area contributed by atoms with Crippen molar-refractivity contribution in [3.8, 4) is 0 Å². The van der Waals surface area contributed by atoms with E-state index in [1.54, 1.807) is 54.2 Å². The molecule has 120 heavy (non-hydrogen) atoms. The number of rotatable bonds is 29. The summed E-state index contributed by atoms with van der Waals surface area (Å²) in [7, 11) is -29.5. The first kappa shape index (κ1) is 89.2. The van der Waals surface area contributed by atoms with Crippen LogP contribution in [0.25, 0.3) is 39.6 Å². The fourth-order valence-corrected chi connectivity index (χ4v) is 19.0. The standard InChI is InChI=1S/C23H28N6O10P2.C22H28N6O10P2.C21H26N6O10P2/c1-3-24-23(30)28-20-17-21(26-12-25-20)29(13-27-17)22-19-18(15(36-22)11-35-41(33,34)39-40(2,31)32)37-16(38-19)10-9-14-7-5-4-6-8-14;1-3-23-22(29)27-19-16-20(25-11-24-19)28(12-26-16)21-18-17(36-15(37-18)9-13-7-5-4-6-8-13)14(35-21)10-34-40(32,33)38-39(2,30)31;1-3-22-21(28)26-17-14-18(24-10-23-17)27(11-25-14)19-16-15(35-20(36-16)12-7-5-4-6-8-12)13(34-19)9-33-39(31,32)37-38(2,29)30/h4-10,12-13,15-16,18-19,22H,3,11H2,1-2H3,(H,31,32)(H,33,34)(H2,24,25,26,28,30);4-8,11-12,14-15,17-18,21H,3,9-10H2,1-2H3,(H,30,31)(H,32,33)(H2,23,24,25,27,29);4-8,10-11,13,15-16,19-20H,3,9H2,1-2H3,(H,29,30)(H,31,32)(H2,22,23,24,26,28)/p-6/b10-9+;;/t15-,16+,18?,19+,22-;14-,15+,17?,18+,21-;13-,15?,16+,19-,20+/m111/s1. The number of amides is 6. The van der Waals surface area contributed by atoms with Crippen LogP contribution in [0.5, 0.6) is 0 Å². The Balaban J connectivity index is 0.000000156. The second-order valence-corrected chi connectivity index (χ2v) is 36.7. The van der Waals surface area contributed by atoms with Crippen LogP contribution in [0.15, 0.2) is 135 Å². The van der Waals surface area contributed by atoms with Crippen molar-refractivity contribution in [2.45, 2.75) is 120 Å². The van der Waals surface area contributed by atoms with Gasteiger partial charge < -0.3 is 115 Å². The lowest BCUT2D eigenvalue weighted by Gasteiger charge is -2.30. The van der Waals surface area contributed by atoms with Crippen LogP contribution in [0.1, 0.15) is 62.4 Å². The fourth-order valence-electron chi connectivity index (χ4n) is 13.1. The third-order valence-corrected chi connectivity index (χ3v) is 25.1. The highest BCUT2D eigenvalue weighted by Gasteiger charge is 2.57. The summed E-state index contributed by atoms with van der Waals surface area (Å²) < 4.78 is 157. The van der Waals surface area contributed by atoms with Gasteiger partial charge in [-0.25, -0.2) is 59.2 Å². The molecule has 0 bridgehead atoms. The van der Waals surface area contributed by atoms with Crippen molar-refractivity contribution < 1.29 is 140 Å². The Morgan fingerprint density at radius 1 is 0.425 bits per heavy atom. The zero-order valence-electron chi connectivity index (χ0n) is 63.7. The summed E-state index contributed by atoms with van der Waals surface area (Å²) in [6, 6.07) is 26.5. The number of phosphoric acid groups is 3. The highest BCUT2D eigenvalue weighted by molar-refractivity contribution is 7.63. The number of urea groups is 3. The molecule has 6 N–H and O–H groups in total. The molecular weight excluding hydrogens is 1710 g/mol. The molecule has 12 heterocycles. The molecule has 6 aliphatic heterocycles. The Morgan fingerprint density at radius 2 is 0.758 bits per heavy atom. The largest absolute Gasteiger partial charge is 0.778 e. The molecule has 0 aliphatic carbocycles. The smallest absolute Gasteiger partial charge is 0.320 e. The number of ether oxygens (including phenoxy) is 9. The summed E-state index contributed by atoms with van der Waals surface area (Å²) in [4.78, 5) is 144. The van der Waals surface area contributed by atoms with E-state index < -0.39 is 177 Å². The lowest BCUT2D eigenvalue weighted by atomic mass is 10.1. The number of fused-ring (bicyclic) bond motifs is 6. The van der Waals surface area contributed by atoms with Gasteiger partial charge in [0.15, 0.2) is 88.5 Å². The topological polar surface area (TPSA) is 633 Å². The monoisotopic (exact) mass is 1790 g/mol. The predicted octanol–water partition coefficient (Wildman–Crippen LogP) is 3.31. The maximum absolute atomic E-state index is 12.1. The van der Waals surface area contributed by atoms with Gasteiger partial charge in [0.25, 0.3) is 23.5 Å². The maximum Gasteiger partial charge on any atom is 0.320 e. The summed E-state index contributed by atoms with van der Waals surface area (Å²) in [6.07, 6.45) is -1.02. The molecule has 0 saturated carbocycles. The molecule has 48 nitrogen and oxygen atoms in total. The highest BCUT2D eigenvalue weighted by atomic mass is 31.3. The van der Waals surface area contributed by atoms with E-state index in [0.717, 1.165) is 11.1 Å². The van der Waals surface area contributed by atoms with E-state index in [9.17, 15) is 71.1 Å². The van der Waals surface area contributed by atoms with Crippen molar-refractivity contribution in [1.82, 2.24) is 74.5 Å². The van der Waals surface area contributed by atoms with E-state index in [4.69, 9.17) is 56.2 Å². The molecule has 6 aliphatic rings. The predicted molar refractivity (Wildman–Crippen MR) is 402 cm³/mol. The molecule has 54 heteroatoms. The second kappa shape index (κ2) is 38.0. The van der Waals surface area contributed by atoms with E-state index in [1.165, 1.54) is 42.5 Å². The summed E-state index contributed by atoms with van der Waals surface area (Å²) in [5.41, 5.74) is 4.28. The number of aromatic nitrogens is 12. The number of nitrogens with zero attached hydrogens (tertiary/aromatic N) is 12. The Morgan fingerprint density at radius 3 is 1.15 bits per heavy atom. The number of anilines is 3. The van der Waals surface area contributed by atoms with Gasteiger partial charge in [0.2, 0.25) is 0 Å². The summed E-state index contributed by atoms with van der Waals surface area (Å²) in [5, 5.41) is 15.6. The van der Waals surface area contributed by atoms with Gasteiger partial charge in [0.05, 0.1) is 38.8 Å². The lowest BCUT2D eigenvalue weighted by Crippen LogP contribution is -2.32. The number of nitrogens with one attached hydrogen (secondary N) is 6. The van der Waals surface area contributed by atoms with Gasteiger partial charge >= 0.3 is 18.1 Å². The van der Waals surface area contributed by atoms with Crippen LogP contribution in [0, 0.1) is 0 Å². The fraction of sp³-hybridized carbons (Fsp3) is 0.424. The van der Waals surface area contributed by atoms with Gasteiger partial charge in [-0.15, -0.1) is 0 Å². The average Bonchev–Trinajstić information content (AvgIpc) is 1.60. The summed E-state index contributed by atoms with van der Waals surface area (Å²) in [5.74, 6) is 0.490. The van der Waals surface area contributed by atoms with Crippen LogP contribution in [-0.4, -0.2) is 204 Å². The maximum atomic E-state index is 12.1. The first-order valence-corrected chi connectivity index (χ1v) is 46.7. The third-order valence-electron chi connectivity index (χ3n) is 17.7. The Labute approximate surface area is 680 Å². The first-order chi connectivity index (χ1) is 57.1. The molecule has 21 atom stereocenters. The SMILES string of the molecule is CCNC(=O)Nc1ncnc2c1ncn2[C@@H]1O[C@H](COP(=O)([O-])OP(C)(=O)[O-])C2O[C@H](/C=C/c3ccccc3)O[C@@H]21.CCNC(=O)Nc1ncnc2c1ncn2[C@@H]1O[C@H](COP(=O)([O-])OP(C)(=O)[O-])C2O[C@H](Cc3ccccc3)O[C@@H]21.CCNC(=O)Nc1ncnc2c1ncn2[C@@H]1O[C@H](COP(=O)([O-])OP(C)(=O)[O-])C2O[C@H](c3ccccc3)O[C@@H]21. The zero-order chi connectivity index (χ0) is 85.5. The molecule has 9 aromatic rings. The van der Waals surface area contributed by atoms with Gasteiger partial charge in [0.1, 0.15) is 96.7 Å². The van der Waals surface area contributed by atoms with E-state index in [0.29, 0.717) is 68.6 Å². The summed E-state index contributed by atoms with van der Waals surface area (Å²) in [6.45, 7) is 6.51. The number of phosphoric ester groups is 3. The Kier molecular flexibility index (Phi) is 28.3. The molecule has 9 unspecified atom stereocenters. The lowest BCUT2D eigenvalue weighted by molar-refractivity contribution is -0.236. The number of imidazole rings is 3. The minimum Gasteiger partial charge on any atom is -0.778 e. The quantitative estimate of drug-likeness (QED) is 0.0366. The Bertz CT molecular complexity index is 5450. The van der Waals surface area contributed by atoms with Crippen LogP contribution in [0.4, 0.5) is 31.8 Å². The minimum absolute atomic E-state index is 0.160. The zero-order valence-corrected chi connectivity index (χ0v) is 69.1. The van der Waals surface area contributed by atoms with Crippen LogP contribution in [0.3, 0.4) is 0 Å². The van der Waals surface area contributed by atoms with E-state index in [-0.39, 0.29) is 34.0 Å². The average molecular weight is 1790 g/mol. The van der Waals surface area contributed by atoms with Gasteiger partial charge in [-0.3, -0.25) is 56.3 Å². The van der Waals surface area contributed by atoms with E-state index in [2.05, 4.69) is 89.7 Å². The molecule has 0 spiro atoms. The second-order valence-electron chi connectivity index (χ2n) is 26.7. The van der Waals surface area contributed by atoms with Crippen LogP contribution >= 0.6 is 46.3 Å². The van der Waals surface area contributed by atoms with Gasteiger partial charge in [-0.05, 0) is 38.0 Å². The molecular formula is C66H76N18O30P6-6. The molecule has 6 saturated heterocycles. The summed E-state index contributed by atoms with van der Waals surface area (Å²) >= 11 is 0. The van der Waals surface area contributed by atoms with Crippen LogP contribution < -0.4 is 61.3 Å². The van der Waals surface area contributed by atoms with E-state index in [1.807, 2.05) is 78.9 Å². The number of carbonyl (C=O) groups is 3. The van der Waals surface area contributed by atoms with Crippen molar-refractivity contribution in [2.75, 3.05) is 75.4 Å². The highest BCUT2D eigenvalue weighted by Crippen LogP contribution is 2.57. The third kappa shape index (κ3) is 22.6. The van der Waals surface area contributed by atoms with E-state index >= 15 is 0 Å². The van der Waals surface area contributed by atoms with Gasteiger partial charge in [-0.1, -0.05) is 97.1 Å². The van der Waals surface area contributed by atoms with Crippen molar-refractivity contribution in [2.24, 2.45) is 0 Å². The van der Waals surface area contributed by atoms with Crippen molar-refractivity contribution in [3.05, 3.63) is 152 Å². The molecule has 6 aromatic heterocycles. The Hall–Kier alpha value is -8.60. The molecule has 646 valence electrons. The van der Waals surface area contributed by atoms with Gasteiger partial charge in [0, 0.05) is 51.6 Å². The van der Waals surface area contributed by atoms with Crippen molar-refractivity contribution in [3.63, 3.8) is 0 Å². The number of hydrogen-bond donors (Lipinski definition) is 6. The molecule has 3 aromatic carbocycles. The first-order valence-electron chi connectivity index (χ1n) is 36.3. The number of hydrogen-bond acceptors (Lipinski definition) is 39. The number of carbonyl (C=O) groups excluding carboxylic acids is 3. The normalized spacial score (nSPS) is 27.2. The van der Waals surface area contributed by atoms with Crippen molar-refractivity contribution in [1.29, 1.82) is 0 Å². The molecule has 15 rings (SSSR count). The molecule has 0 radical (unpaired) electrons. The van der Waals surface area contributed by atoms with Gasteiger partial charge in [-0.2, -0.15) is 0 Å². The van der Waals surface area contributed by atoms with Crippen LogP contribution in [-0.2, 0) is 103 Å². The number of benzene rings is 3.